The van der Waals surface area contributed by atoms with Crippen LogP contribution in [-0.4, -0.2) is 32.1 Å². The lowest BCUT2D eigenvalue weighted by molar-refractivity contribution is -0.118. The number of methoxy groups -OCH3 is 2. The van der Waals surface area contributed by atoms with E-state index in [1.54, 1.807) is 26.4 Å². The molecule has 33 heavy (non-hydrogen) atoms. The van der Waals surface area contributed by atoms with Crippen LogP contribution in [0.1, 0.15) is 62.9 Å². The number of ether oxygens (including phenoxy) is 2. The average molecular weight is 678 g/mol. The Kier molecular flexibility index (Phi) is 16.8. The van der Waals surface area contributed by atoms with Crippen LogP contribution in [0.15, 0.2) is 42.0 Å². The van der Waals surface area contributed by atoms with Crippen LogP contribution in [0.25, 0.3) is 6.08 Å². The minimum atomic E-state index is 0.187. The van der Waals surface area contributed by atoms with Gasteiger partial charge in [0.2, 0.25) is 0 Å². The molecule has 0 aromatic heterocycles. The molecule has 0 aliphatic heterocycles. The van der Waals surface area contributed by atoms with E-state index in [0.717, 1.165) is 36.1 Å². The third-order valence-electron chi connectivity index (χ3n) is 4.46. The summed E-state index contributed by atoms with van der Waals surface area (Å²) < 4.78 is 12.1. The smallest absolute Gasteiger partial charge is 0.158 e. The summed E-state index contributed by atoms with van der Waals surface area (Å²) in [6.45, 7) is 7.49. The molecule has 0 heterocycles. The molecule has 0 spiro atoms. The summed E-state index contributed by atoms with van der Waals surface area (Å²) in [6.07, 6.45) is 4.69. The number of Topliss-reactive ketones (excluding diaryl/α,β-unsaturated/α-hetero) is 2. The molecule has 2 aromatic carbocycles. The number of hydrogen-bond donors (Lipinski definition) is 0. The first kappa shape index (κ1) is 31.2. The van der Waals surface area contributed by atoms with Crippen molar-refractivity contribution in [3.05, 3.63) is 60.2 Å². The van der Waals surface area contributed by atoms with E-state index >= 15 is 0 Å². The number of hydrogen-bond acceptors (Lipinski definition) is 5. The van der Waals surface area contributed by atoms with Gasteiger partial charge < -0.3 is 9.47 Å². The Labute approximate surface area is 224 Å². The summed E-state index contributed by atoms with van der Waals surface area (Å²) in [5.74, 6) is 2.14. The second-order valence-electron chi connectivity index (χ2n) is 6.74. The van der Waals surface area contributed by atoms with Gasteiger partial charge in [-0.1, -0.05) is 26.8 Å². The van der Waals surface area contributed by atoms with E-state index < -0.39 is 0 Å². The highest BCUT2D eigenvalue weighted by Crippen LogP contribution is 2.22. The fourth-order valence-corrected chi connectivity index (χ4v) is 3.58. The summed E-state index contributed by atoms with van der Waals surface area (Å²) >= 11 is 4.34. The van der Waals surface area contributed by atoms with Gasteiger partial charge in [-0.3, -0.25) is 14.4 Å². The van der Waals surface area contributed by atoms with Crippen LogP contribution in [-0.2, 0) is 9.59 Å². The molecular formula is C26H32I2O5. The van der Waals surface area contributed by atoms with Crippen LogP contribution in [0.4, 0.5) is 0 Å². The van der Waals surface area contributed by atoms with Gasteiger partial charge in [-0.25, -0.2) is 0 Å². The maximum atomic E-state index is 11.5. The zero-order chi connectivity index (χ0) is 25.4. The van der Waals surface area contributed by atoms with Crippen LogP contribution >= 0.6 is 45.2 Å². The van der Waals surface area contributed by atoms with Gasteiger partial charge in [0.15, 0.2) is 12.1 Å². The quantitative estimate of drug-likeness (QED) is 0.168. The second kappa shape index (κ2) is 17.7. The maximum absolute atomic E-state index is 11.5. The van der Waals surface area contributed by atoms with E-state index in [9.17, 15) is 14.4 Å². The van der Waals surface area contributed by atoms with Gasteiger partial charge >= 0.3 is 0 Å². The number of halogens is 2. The van der Waals surface area contributed by atoms with Gasteiger partial charge in [-0.15, -0.1) is 0 Å². The third kappa shape index (κ3) is 12.3. The Morgan fingerprint density at radius 1 is 0.818 bits per heavy atom. The van der Waals surface area contributed by atoms with Gasteiger partial charge in [-0.05, 0) is 99.6 Å². The zero-order valence-corrected chi connectivity index (χ0v) is 24.4. The minimum absolute atomic E-state index is 0.187. The van der Waals surface area contributed by atoms with Crippen molar-refractivity contribution in [2.75, 3.05) is 14.2 Å². The molecule has 0 radical (unpaired) electrons. The number of rotatable bonds is 8. The van der Waals surface area contributed by atoms with Crippen molar-refractivity contribution in [2.24, 2.45) is 0 Å². The predicted octanol–water partition coefficient (Wildman–Crippen LogP) is 7.17. The molecule has 0 saturated carbocycles. The second-order valence-corrected chi connectivity index (χ2v) is 9.07. The number of carbonyl (C=O) groups excluding carboxylic acids is 3. The molecule has 2 aromatic rings. The molecule has 0 unspecified atom stereocenters. The van der Waals surface area contributed by atoms with Crippen molar-refractivity contribution in [1.29, 1.82) is 0 Å². The van der Waals surface area contributed by atoms with Crippen LogP contribution in [0, 0.1) is 7.14 Å². The minimum Gasteiger partial charge on any atom is -0.497 e. The molecular weight excluding hydrogens is 646 g/mol. The molecule has 0 bridgehead atoms. The fraction of sp³-hybridized carbons (Fsp3) is 0.346. The monoisotopic (exact) mass is 678 g/mol. The molecule has 0 aliphatic rings. The van der Waals surface area contributed by atoms with Crippen LogP contribution in [0.2, 0.25) is 0 Å². The van der Waals surface area contributed by atoms with E-state index in [1.165, 1.54) is 0 Å². The van der Waals surface area contributed by atoms with Gasteiger partial charge in [-0.2, -0.15) is 0 Å². The topological polar surface area (TPSA) is 69.7 Å². The third-order valence-corrected chi connectivity index (χ3v) is 6.33. The highest BCUT2D eigenvalue weighted by molar-refractivity contribution is 14.1. The fourth-order valence-electron chi connectivity index (χ4n) is 2.32. The summed E-state index contributed by atoms with van der Waals surface area (Å²) in [6, 6.07) is 11.2. The SMILES string of the molecule is CCC(=O)C(C)=Cc1ccc(OC)cc1I.CCC(=O)CC.COc1ccc(C=O)c(I)c1. The Balaban J connectivity index is 0.000000520. The highest BCUT2D eigenvalue weighted by Gasteiger charge is 2.04. The molecule has 2 rings (SSSR count). The van der Waals surface area contributed by atoms with Gasteiger partial charge in [0.05, 0.1) is 14.2 Å². The number of aldehydes is 1. The van der Waals surface area contributed by atoms with E-state index in [0.29, 0.717) is 30.6 Å². The average Bonchev–Trinajstić information content (AvgIpc) is 2.84. The normalized spacial score (nSPS) is 10.1. The first-order chi connectivity index (χ1) is 15.7. The lowest BCUT2D eigenvalue weighted by Crippen LogP contribution is -1.96. The molecule has 180 valence electrons. The van der Waals surface area contributed by atoms with Crippen molar-refractivity contribution in [1.82, 2.24) is 0 Å². The van der Waals surface area contributed by atoms with Crippen molar-refractivity contribution in [3.8, 4) is 11.5 Å². The summed E-state index contributed by atoms with van der Waals surface area (Å²) in [5.41, 5.74) is 2.55. The Bertz CT molecular complexity index is 946. The van der Waals surface area contributed by atoms with E-state index in [1.807, 2.05) is 58.0 Å². The van der Waals surface area contributed by atoms with Gasteiger partial charge in [0.1, 0.15) is 17.3 Å². The number of allylic oxidation sites excluding steroid dienone is 1. The molecule has 0 aliphatic carbocycles. The molecule has 0 fully saturated rings. The number of carbonyl (C=O) groups is 3. The molecule has 5 nitrogen and oxygen atoms in total. The summed E-state index contributed by atoms with van der Waals surface area (Å²) in [5, 5.41) is 0. The molecule has 0 amide bonds. The maximum Gasteiger partial charge on any atom is 0.158 e. The van der Waals surface area contributed by atoms with E-state index in [2.05, 4.69) is 45.2 Å². The van der Waals surface area contributed by atoms with Crippen LogP contribution in [0.3, 0.4) is 0 Å². The molecule has 7 heteroatoms. The van der Waals surface area contributed by atoms with Crippen molar-refractivity contribution < 1.29 is 23.9 Å². The van der Waals surface area contributed by atoms with E-state index in [4.69, 9.17) is 9.47 Å². The van der Waals surface area contributed by atoms with Crippen LogP contribution < -0.4 is 9.47 Å². The van der Waals surface area contributed by atoms with Gasteiger partial charge in [0.25, 0.3) is 0 Å². The number of benzene rings is 2. The van der Waals surface area contributed by atoms with E-state index in [-0.39, 0.29) is 5.78 Å². The Morgan fingerprint density at radius 2 is 1.27 bits per heavy atom. The van der Waals surface area contributed by atoms with Crippen molar-refractivity contribution >= 4 is 69.1 Å². The lowest BCUT2D eigenvalue weighted by atomic mass is 10.1. The standard InChI is InChI=1S/C13H15IO2.C8H7IO2.C5H10O/c1-4-13(15)9(2)7-10-5-6-11(16-3)8-12(10)14;1-11-7-3-2-6(5-10)8(9)4-7;1-3-5(6)4-2/h5-8H,4H2,1-3H3;2-5H,1H3;3-4H2,1-2H3. The molecule has 0 N–H and O–H groups in total. The van der Waals surface area contributed by atoms with Gasteiger partial charge in [0, 0.05) is 32.0 Å². The zero-order valence-electron chi connectivity index (χ0n) is 20.0. The van der Waals surface area contributed by atoms with Crippen molar-refractivity contribution in [2.45, 2.75) is 47.0 Å². The largest absolute Gasteiger partial charge is 0.497 e. The molecule has 0 atom stereocenters. The summed E-state index contributed by atoms with van der Waals surface area (Å²) in [7, 11) is 3.25. The predicted molar refractivity (Wildman–Crippen MR) is 151 cm³/mol. The Morgan fingerprint density at radius 3 is 1.58 bits per heavy atom. The first-order valence-corrected chi connectivity index (χ1v) is 12.7. The number of ketones is 2. The van der Waals surface area contributed by atoms with Crippen molar-refractivity contribution in [3.63, 3.8) is 0 Å². The highest BCUT2D eigenvalue weighted by atomic mass is 127. The summed E-state index contributed by atoms with van der Waals surface area (Å²) in [4.78, 5) is 32.0. The first-order valence-electron chi connectivity index (χ1n) is 10.5. The van der Waals surface area contributed by atoms with Crippen LogP contribution in [0.5, 0.6) is 11.5 Å². The lowest BCUT2D eigenvalue weighted by Gasteiger charge is -2.04. The Hall–Kier alpha value is -1.75. The molecule has 0 saturated heterocycles.